The maximum absolute atomic E-state index is 5.93. The first-order valence-corrected chi connectivity index (χ1v) is 5.16. The van der Waals surface area contributed by atoms with Crippen molar-refractivity contribution in [1.82, 2.24) is 4.90 Å². The van der Waals surface area contributed by atoms with Crippen molar-refractivity contribution >= 4 is 0 Å². The van der Waals surface area contributed by atoms with E-state index in [1.807, 2.05) is 0 Å². The van der Waals surface area contributed by atoms with Crippen LogP contribution in [0.2, 0.25) is 0 Å². The highest BCUT2D eigenvalue weighted by Crippen LogP contribution is 2.37. The Hall–Kier alpha value is -0.0800. The first-order chi connectivity index (χ1) is 5.66. The first kappa shape index (κ1) is 8.52. The Labute approximate surface area is 75.1 Å². The van der Waals surface area contributed by atoms with Crippen molar-refractivity contribution in [3.05, 3.63) is 0 Å². The fourth-order valence-electron chi connectivity index (χ4n) is 2.80. The van der Waals surface area contributed by atoms with Crippen LogP contribution in [0.5, 0.6) is 0 Å². The van der Waals surface area contributed by atoms with Crippen molar-refractivity contribution in [2.45, 2.75) is 38.8 Å². The van der Waals surface area contributed by atoms with Gasteiger partial charge in [-0.05, 0) is 38.5 Å². The summed E-state index contributed by atoms with van der Waals surface area (Å²) in [5.41, 5.74) is 5.93. The highest BCUT2D eigenvalue weighted by molar-refractivity contribution is 4.94. The smallest absolute Gasteiger partial charge is 0.00452 e. The van der Waals surface area contributed by atoms with E-state index in [1.54, 1.807) is 0 Å². The quantitative estimate of drug-likeness (QED) is 0.634. The molecule has 0 aromatic rings. The number of nitrogens with two attached hydrogens (primary N) is 1. The number of hydrogen-bond acceptors (Lipinski definition) is 2. The summed E-state index contributed by atoms with van der Waals surface area (Å²) in [4.78, 5) is 2.60. The SMILES string of the molecule is CC(C)N1CC2CC(N)CC2C1. The fourth-order valence-corrected chi connectivity index (χ4v) is 2.80. The van der Waals surface area contributed by atoms with Crippen LogP contribution >= 0.6 is 0 Å². The maximum atomic E-state index is 5.93. The lowest BCUT2D eigenvalue weighted by Gasteiger charge is -2.21. The maximum Gasteiger partial charge on any atom is 0.00452 e. The van der Waals surface area contributed by atoms with Crippen LogP contribution in [0.15, 0.2) is 0 Å². The largest absolute Gasteiger partial charge is 0.328 e. The van der Waals surface area contributed by atoms with Gasteiger partial charge in [0.25, 0.3) is 0 Å². The van der Waals surface area contributed by atoms with Crippen LogP contribution in [0.4, 0.5) is 0 Å². The van der Waals surface area contributed by atoms with E-state index in [9.17, 15) is 0 Å². The second-order valence-electron chi connectivity index (χ2n) is 4.80. The average Bonchev–Trinajstić information content (AvgIpc) is 2.42. The van der Waals surface area contributed by atoms with Crippen LogP contribution in [0, 0.1) is 11.8 Å². The lowest BCUT2D eigenvalue weighted by molar-refractivity contribution is 0.252. The third kappa shape index (κ3) is 1.38. The Balaban J connectivity index is 1.93. The molecule has 1 heterocycles. The first-order valence-electron chi connectivity index (χ1n) is 5.16. The molecule has 1 saturated heterocycles. The molecule has 0 amide bonds. The van der Waals surface area contributed by atoms with E-state index in [4.69, 9.17) is 5.73 Å². The molecule has 0 radical (unpaired) electrons. The Bertz CT molecular complexity index is 153. The van der Waals surface area contributed by atoms with Crippen molar-refractivity contribution in [3.63, 3.8) is 0 Å². The predicted molar refractivity (Wildman–Crippen MR) is 50.9 cm³/mol. The van der Waals surface area contributed by atoms with Gasteiger partial charge in [0, 0.05) is 25.2 Å². The molecule has 0 spiro atoms. The number of nitrogens with zero attached hydrogens (tertiary/aromatic N) is 1. The predicted octanol–water partition coefficient (Wildman–Crippen LogP) is 1.06. The molecule has 12 heavy (non-hydrogen) atoms. The molecule has 2 heteroatoms. The van der Waals surface area contributed by atoms with Gasteiger partial charge in [-0.25, -0.2) is 0 Å². The van der Waals surface area contributed by atoms with Gasteiger partial charge in [0.2, 0.25) is 0 Å². The lowest BCUT2D eigenvalue weighted by Crippen LogP contribution is -2.30. The summed E-state index contributed by atoms with van der Waals surface area (Å²) < 4.78 is 0. The number of rotatable bonds is 1. The van der Waals surface area contributed by atoms with Crippen LogP contribution in [-0.4, -0.2) is 30.1 Å². The van der Waals surface area contributed by atoms with E-state index >= 15 is 0 Å². The third-order valence-corrected chi connectivity index (χ3v) is 3.55. The lowest BCUT2D eigenvalue weighted by atomic mass is 10.0. The zero-order chi connectivity index (χ0) is 8.72. The van der Waals surface area contributed by atoms with Gasteiger partial charge in [0.15, 0.2) is 0 Å². The molecule has 0 bridgehead atoms. The van der Waals surface area contributed by atoms with Gasteiger partial charge < -0.3 is 10.6 Å². The zero-order valence-electron chi connectivity index (χ0n) is 8.16. The summed E-state index contributed by atoms with van der Waals surface area (Å²) in [6.07, 6.45) is 2.54. The van der Waals surface area contributed by atoms with Gasteiger partial charge >= 0.3 is 0 Å². The van der Waals surface area contributed by atoms with E-state index in [0.717, 1.165) is 17.9 Å². The summed E-state index contributed by atoms with van der Waals surface area (Å²) in [6.45, 7) is 7.19. The Kier molecular flexibility index (Phi) is 2.13. The molecule has 0 aromatic heterocycles. The number of hydrogen-bond donors (Lipinski definition) is 1. The van der Waals surface area contributed by atoms with Crippen molar-refractivity contribution < 1.29 is 0 Å². The average molecular weight is 168 g/mol. The Morgan fingerprint density at radius 3 is 2.08 bits per heavy atom. The minimum absolute atomic E-state index is 0.509. The molecule has 1 aliphatic heterocycles. The summed E-state index contributed by atoms with van der Waals surface area (Å²) in [5, 5.41) is 0. The third-order valence-electron chi connectivity index (χ3n) is 3.55. The van der Waals surface area contributed by atoms with Gasteiger partial charge in [-0.2, -0.15) is 0 Å². The summed E-state index contributed by atoms with van der Waals surface area (Å²) in [6, 6.07) is 1.24. The van der Waals surface area contributed by atoms with E-state index in [2.05, 4.69) is 18.7 Å². The molecule has 2 N–H and O–H groups in total. The molecule has 1 aliphatic carbocycles. The highest BCUT2D eigenvalue weighted by atomic mass is 15.2. The standard InChI is InChI=1S/C10H20N2/c1-7(2)12-5-8-3-10(11)4-9(8)6-12/h7-10H,3-6,11H2,1-2H3. The van der Waals surface area contributed by atoms with Crippen molar-refractivity contribution in [2.24, 2.45) is 17.6 Å². The molecule has 2 aliphatic rings. The molecular weight excluding hydrogens is 148 g/mol. The molecule has 70 valence electrons. The highest BCUT2D eigenvalue weighted by Gasteiger charge is 2.39. The van der Waals surface area contributed by atoms with E-state index in [-0.39, 0.29) is 0 Å². The Morgan fingerprint density at radius 1 is 1.17 bits per heavy atom. The minimum Gasteiger partial charge on any atom is -0.328 e. The Morgan fingerprint density at radius 2 is 1.67 bits per heavy atom. The molecule has 2 fully saturated rings. The van der Waals surface area contributed by atoms with Crippen LogP contribution in [0.3, 0.4) is 0 Å². The van der Waals surface area contributed by atoms with Crippen LogP contribution in [0.25, 0.3) is 0 Å². The molecule has 1 saturated carbocycles. The summed E-state index contributed by atoms with van der Waals surface area (Å²) in [5.74, 6) is 1.84. The van der Waals surface area contributed by atoms with Gasteiger partial charge in [-0.3, -0.25) is 0 Å². The van der Waals surface area contributed by atoms with Gasteiger partial charge in [0.1, 0.15) is 0 Å². The van der Waals surface area contributed by atoms with E-state index in [1.165, 1.54) is 25.9 Å². The fraction of sp³-hybridized carbons (Fsp3) is 1.00. The minimum atomic E-state index is 0.509. The molecule has 2 nitrogen and oxygen atoms in total. The van der Waals surface area contributed by atoms with Gasteiger partial charge in [-0.15, -0.1) is 0 Å². The molecule has 2 atom stereocenters. The zero-order valence-corrected chi connectivity index (χ0v) is 8.16. The van der Waals surface area contributed by atoms with E-state index in [0.29, 0.717) is 6.04 Å². The van der Waals surface area contributed by atoms with Crippen LogP contribution in [-0.2, 0) is 0 Å². The topological polar surface area (TPSA) is 29.3 Å². The van der Waals surface area contributed by atoms with Crippen LogP contribution < -0.4 is 5.73 Å². The molecule has 2 unspecified atom stereocenters. The number of likely N-dealkylation sites (tertiary alicyclic amines) is 1. The van der Waals surface area contributed by atoms with E-state index < -0.39 is 0 Å². The van der Waals surface area contributed by atoms with Crippen molar-refractivity contribution in [2.75, 3.05) is 13.1 Å². The normalized spacial score (nSPS) is 42.5. The van der Waals surface area contributed by atoms with Crippen LogP contribution in [0.1, 0.15) is 26.7 Å². The molecular formula is C10H20N2. The van der Waals surface area contributed by atoms with Gasteiger partial charge in [-0.1, -0.05) is 0 Å². The summed E-state index contributed by atoms with van der Waals surface area (Å²) >= 11 is 0. The van der Waals surface area contributed by atoms with Crippen molar-refractivity contribution in [1.29, 1.82) is 0 Å². The second kappa shape index (κ2) is 3.00. The number of fused-ring (bicyclic) bond motifs is 1. The molecule has 2 rings (SSSR count). The van der Waals surface area contributed by atoms with Gasteiger partial charge in [0.05, 0.1) is 0 Å². The summed E-state index contributed by atoms with van der Waals surface area (Å²) in [7, 11) is 0. The second-order valence-corrected chi connectivity index (χ2v) is 4.80. The molecule has 0 aromatic carbocycles. The monoisotopic (exact) mass is 168 g/mol. The van der Waals surface area contributed by atoms with Crippen molar-refractivity contribution in [3.8, 4) is 0 Å².